The van der Waals surface area contributed by atoms with Gasteiger partial charge in [0, 0.05) is 19.0 Å². The molecule has 4 N–H and O–H groups in total. The molecule has 0 amide bonds. The molecule has 0 aromatic rings. The van der Waals surface area contributed by atoms with Gasteiger partial charge in [0.05, 0.1) is 6.10 Å². The molecule has 1 rings (SSSR count). The van der Waals surface area contributed by atoms with Crippen LogP contribution >= 0.6 is 0 Å². The molecule has 1 saturated heterocycles. The number of carbonyl (C=O) groups is 1. The SMILES string of the molecule is CC[C@@H](O)OC1CNC(CC=O)[C@@H](O)C1O. The second-order valence-electron chi connectivity index (χ2n) is 3.94. The number of hydrogen-bond donors (Lipinski definition) is 4. The predicted molar refractivity (Wildman–Crippen MR) is 55.7 cm³/mol. The Hall–Kier alpha value is -0.530. The van der Waals surface area contributed by atoms with Crippen molar-refractivity contribution in [3.63, 3.8) is 0 Å². The number of aliphatic hydroxyl groups is 3. The van der Waals surface area contributed by atoms with Crippen LogP contribution in [0.25, 0.3) is 0 Å². The number of carbonyl (C=O) groups excluding carboxylic acids is 1. The Balaban J connectivity index is 2.50. The van der Waals surface area contributed by atoms with Gasteiger partial charge in [0.25, 0.3) is 0 Å². The van der Waals surface area contributed by atoms with E-state index in [0.29, 0.717) is 19.3 Å². The Morgan fingerprint density at radius 1 is 1.50 bits per heavy atom. The van der Waals surface area contributed by atoms with Gasteiger partial charge in [0.1, 0.15) is 18.5 Å². The highest BCUT2D eigenvalue weighted by Gasteiger charge is 2.38. The third-order valence-electron chi connectivity index (χ3n) is 2.76. The minimum atomic E-state index is -1.09. The van der Waals surface area contributed by atoms with Crippen molar-refractivity contribution >= 4 is 6.29 Å². The molecule has 0 aromatic carbocycles. The molecule has 1 heterocycles. The second kappa shape index (κ2) is 6.27. The smallest absolute Gasteiger partial charge is 0.154 e. The van der Waals surface area contributed by atoms with E-state index < -0.39 is 30.6 Å². The molecule has 6 heteroatoms. The lowest BCUT2D eigenvalue weighted by molar-refractivity contribution is -0.193. The molecular weight excluding hydrogens is 214 g/mol. The maximum atomic E-state index is 10.3. The fraction of sp³-hybridized carbons (Fsp3) is 0.900. The van der Waals surface area contributed by atoms with Crippen molar-refractivity contribution in [3.05, 3.63) is 0 Å². The van der Waals surface area contributed by atoms with Gasteiger partial charge < -0.3 is 30.2 Å². The standard InChI is InChI=1S/C10H19NO5/c1-2-8(13)16-7-5-11-6(3-4-12)9(14)10(7)15/h4,6-11,13-15H,2-3,5H2,1H3/t6?,7?,8-,9+,10?/m0/s1. The van der Waals surface area contributed by atoms with Gasteiger partial charge in [-0.3, -0.25) is 0 Å². The zero-order valence-electron chi connectivity index (χ0n) is 9.24. The molecule has 0 radical (unpaired) electrons. The Bertz CT molecular complexity index is 225. The molecule has 0 saturated carbocycles. The number of piperidine rings is 1. The lowest BCUT2D eigenvalue weighted by atomic mass is 9.94. The fourth-order valence-corrected chi connectivity index (χ4v) is 1.72. The van der Waals surface area contributed by atoms with Crippen molar-refractivity contribution in [2.75, 3.05) is 6.54 Å². The molecule has 0 bridgehead atoms. The zero-order chi connectivity index (χ0) is 12.1. The minimum Gasteiger partial charge on any atom is -0.389 e. The van der Waals surface area contributed by atoms with Crippen LogP contribution in [-0.2, 0) is 9.53 Å². The first-order valence-corrected chi connectivity index (χ1v) is 5.46. The molecule has 1 aliphatic rings. The van der Waals surface area contributed by atoms with Crippen LogP contribution < -0.4 is 5.32 Å². The predicted octanol–water partition coefficient (Wildman–Crippen LogP) is -1.62. The average Bonchev–Trinajstić information content (AvgIpc) is 2.28. The molecular formula is C10H19NO5. The van der Waals surface area contributed by atoms with Crippen LogP contribution in [0.4, 0.5) is 0 Å². The number of rotatable bonds is 5. The largest absolute Gasteiger partial charge is 0.389 e. The van der Waals surface area contributed by atoms with Crippen LogP contribution in [0.1, 0.15) is 19.8 Å². The van der Waals surface area contributed by atoms with Crippen LogP contribution in [0.5, 0.6) is 0 Å². The van der Waals surface area contributed by atoms with Gasteiger partial charge in [-0.25, -0.2) is 0 Å². The van der Waals surface area contributed by atoms with Gasteiger partial charge in [0.2, 0.25) is 0 Å². The Morgan fingerprint density at radius 3 is 2.75 bits per heavy atom. The molecule has 94 valence electrons. The summed E-state index contributed by atoms with van der Waals surface area (Å²) in [6.07, 6.45) is -2.52. The average molecular weight is 233 g/mol. The first-order chi connectivity index (χ1) is 7.60. The normalized spacial score (nSPS) is 37.0. The van der Waals surface area contributed by atoms with Crippen LogP contribution in [0.15, 0.2) is 0 Å². The van der Waals surface area contributed by atoms with E-state index >= 15 is 0 Å². The monoisotopic (exact) mass is 233 g/mol. The number of nitrogens with one attached hydrogen (secondary N) is 1. The number of aldehydes is 1. The van der Waals surface area contributed by atoms with Gasteiger partial charge in [-0.1, -0.05) is 6.92 Å². The summed E-state index contributed by atoms with van der Waals surface area (Å²) in [5.74, 6) is 0. The van der Waals surface area contributed by atoms with Crippen LogP contribution in [-0.4, -0.2) is 58.8 Å². The van der Waals surface area contributed by atoms with Crippen LogP contribution in [0.2, 0.25) is 0 Å². The minimum absolute atomic E-state index is 0.140. The summed E-state index contributed by atoms with van der Waals surface area (Å²) in [5, 5.41) is 31.6. The van der Waals surface area contributed by atoms with E-state index in [-0.39, 0.29) is 6.42 Å². The number of ether oxygens (including phenoxy) is 1. The van der Waals surface area contributed by atoms with E-state index in [9.17, 15) is 20.1 Å². The van der Waals surface area contributed by atoms with Gasteiger partial charge >= 0.3 is 0 Å². The van der Waals surface area contributed by atoms with Gasteiger partial charge in [0.15, 0.2) is 6.29 Å². The van der Waals surface area contributed by atoms with Crippen molar-refractivity contribution < 1.29 is 24.9 Å². The molecule has 1 aliphatic heterocycles. The van der Waals surface area contributed by atoms with Crippen LogP contribution in [0.3, 0.4) is 0 Å². The first kappa shape index (κ1) is 13.5. The molecule has 6 nitrogen and oxygen atoms in total. The number of hydrogen-bond acceptors (Lipinski definition) is 6. The topological polar surface area (TPSA) is 99.0 Å². The highest BCUT2D eigenvalue weighted by atomic mass is 16.6. The summed E-state index contributed by atoms with van der Waals surface area (Å²) >= 11 is 0. The molecule has 5 atom stereocenters. The Labute approximate surface area is 94.2 Å². The lowest BCUT2D eigenvalue weighted by Gasteiger charge is -2.38. The quantitative estimate of drug-likeness (QED) is 0.336. The van der Waals surface area contributed by atoms with E-state index in [2.05, 4.69) is 5.32 Å². The first-order valence-electron chi connectivity index (χ1n) is 5.46. The van der Waals surface area contributed by atoms with E-state index in [1.165, 1.54) is 0 Å². The summed E-state index contributed by atoms with van der Waals surface area (Å²) in [6.45, 7) is 2.05. The third kappa shape index (κ3) is 3.23. The molecule has 0 spiro atoms. The van der Waals surface area contributed by atoms with Gasteiger partial charge in [-0.05, 0) is 6.42 Å². The summed E-state index contributed by atoms with van der Waals surface area (Å²) in [5.41, 5.74) is 0. The molecule has 0 aromatic heterocycles. The summed E-state index contributed by atoms with van der Waals surface area (Å²) in [7, 11) is 0. The lowest BCUT2D eigenvalue weighted by Crippen LogP contribution is -2.60. The van der Waals surface area contributed by atoms with Crippen molar-refractivity contribution in [2.24, 2.45) is 0 Å². The van der Waals surface area contributed by atoms with Crippen molar-refractivity contribution in [1.29, 1.82) is 0 Å². The molecule has 3 unspecified atom stereocenters. The maximum Gasteiger partial charge on any atom is 0.154 e. The Kier molecular flexibility index (Phi) is 5.30. The van der Waals surface area contributed by atoms with Crippen molar-refractivity contribution in [1.82, 2.24) is 5.32 Å². The molecule has 0 aliphatic carbocycles. The Morgan fingerprint density at radius 2 is 2.19 bits per heavy atom. The summed E-state index contributed by atoms with van der Waals surface area (Å²) in [4.78, 5) is 10.3. The molecule has 16 heavy (non-hydrogen) atoms. The van der Waals surface area contributed by atoms with Crippen molar-refractivity contribution in [3.8, 4) is 0 Å². The zero-order valence-corrected chi connectivity index (χ0v) is 9.24. The van der Waals surface area contributed by atoms with Gasteiger partial charge in [-0.2, -0.15) is 0 Å². The fourth-order valence-electron chi connectivity index (χ4n) is 1.72. The van der Waals surface area contributed by atoms with Crippen LogP contribution in [0, 0.1) is 0 Å². The van der Waals surface area contributed by atoms with Gasteiger partial charge in [-0.15, -0.1) is 0 Å². The molecule has 1 fully saturated rings. The maximum absolute atomic E-state index is 10.3. The second-order valence-corrected chi connectivity index (χ2v) is 3.94. The highest BCUT2D eigenvalue weighted by molar-refractivity contribution is 5.50. The van der Waals surface area contributed by atoms with E-state index in [4.69, 9.17) is 4.74 Å². The third-order valence-corrected chi connectivity index (χ3v) is 2.76. The van der Waals surface area contributed by atoms with E-state index in [1.54, 1.807) is 6.92 Å². The number of aliphatic hydroxyl groups excluding tert-OH is 3. The van der Waals surface area contributed by atoms with E-state index in [1.807, 2.05) is 0 Å². The van der Waals surface area contributed by atoms with Crippen molar-refractivity contribution in [2.45, 2.75) is 50.4 Å². The summed E-state index contributed by atoms with van der Waals surface area (Å²) < 4.78 is 5.14. The van der Waals surface area contributed by atoms with E-state index in [0.717, 1.165) is 0 Å². The highest BCUT2D eigenvalue weighted by Crippen LogP contribution is 2.16. The summed E-state index contributed by atoms with van der Waals surface area (Å²) in [6, 6.07) is -0.453.